The summed E-state index contributed by atoms with van der Waals surface area (Å²) >= 11 is 0. The summed E-state index contributed by atoms with van der Waals surface area (Å²) in [5.41, 5.74) is 2.68. The van der Waals surface area contributed by atoms with Crippen LogP contribution in [0.25, 0.3) is 10.8 Å². The molecule has 0 heterocycles. The fraction of sp³-hybridized carbons (Fsp3) is 0.136. The maximum absolute atomic E-state index is 11.9. The molecular formula is C22H20N2O3. The number of ether oxygens (including phenoxy) is 1. The Labute approximate surface area is 157 Å². The van der Waals surface area contributed by atoms with Crippen molar-refractivity contribution in [2.45, 2.75) is 20.4 Å². The number of hydrogen-bond donors (Lipinski definition) is 1. The van der Waals surface area contributed by atoms with Crippen molar-refractivity contribution in [1.29, 1.82) is 0 Å². The van der Waals surface area contributed by atoms with Gasteiger partial charge in [-0.05, 0) is 36.4 Å². The van der Waals surface area contributed by atoms with Gasteiger partial charge in [0.1, 0.15) is 5.69 Å². The standard InChI is InChI=1S/C22H20N2O3/c1-14(2)22(26)27-19-12-16-9-6-7-11-18(16)20(21(19)25)24-23-13-17-10-5-4-8-15(17)3/h4-12,25H,1,13H2,2-3H3. The van der Waals surface area contributed by atoms with E-state index in [1.165, 1.54) is 0 Å². The Bertz CT molecular complexity index is 1050. The van der Waals surface area contributed by atoms with Gasteiger partial charge >= 0.3 is 5.97 Å². The van der Waals surface area contributed by atoms with E-state index in [0.29, 0.717) is 6.54 Å². The first-order chi connectivity index (χ1) is 13.0. The lowest BCUT2D eigenvalue weighted by molar-refractivity contribution is -0.130. The molecule has 0 bridgehead atoms. The van der Waals surface area contributed by atoms with Gasteiger partial charge in [-0.25, -0.2) is 4.79 Å². The van der Waals surface area contributed by atoms with Gasteiger partial charge in [-0.1, -0.05) is 55.1 Å². The quantitative estimate of drug-likeness (QED) is 0.278. The van der Waals surface area contributed by atoms with Gasteiger partial charge in [0.15, 0.2) is 11.5 Å². The number of azo groups is 1. The molecule has 0 fully saturated rings. The number of phenols is 1. The molecule has 1 N–H and O–H groups in total. The molecule has 0 radical (unpaired) electrons. The summed E-state index contributed by atoms with van der Waals surface area (Å²) in [4.78, 5) is 11.9. The van der Waals surface area contributed by atoms with Gasteiger partial charge in [0, 0.05) is 11.0 Å². The van der Waals surface area contributed by atoms with E-state index in [9.17, 15) is 9.90 Å². The largest absolute Gasteiger partial charge is 0.503 e. The minimum absolute atomic E-state index is 0.0338. The molecule has 5 nitrogen and oxygen atoms in total. The number of hydrogen-bond acceptors (Lipinski definition) is 5. The van der Waals surface area contributed by atoms with Gasteiger partial charge in [0.05, 0.1) is 6.54 Å². The Morgan fingerprint density at radius 2 is 1.85 bits per heavy atom. The van der Waals surface area contributed by atoms with Crippen LogP contribution in [0.1, 0.15) is 18.1 Å². The van der Waals surface area contributed by atoms with E-state index >= 15 is 0 Å². The smallest absolute Gasteiger partial charge is 0.338 e. The van der Waals surface area contributed by atoms with E-state index in [4.69, 9.17) is 4.74 Å². The van der Waals surface area contributed by atoms with Gasteiger partial charge in [-0.15, -0.1) is 0 Å². The first-order valence-corrected chi connectivity index (χ1v) is 8.51. The zero-order chi connectivity index (χ0) is 19.4. The van der Waals surface area contributed by atoms with E-state index in [2.05, 4.69) is 16.8 Å². The Morgan fingerprint density at radius 1 is 1.15 bits per heavy atom. The van der Waals surface area contributed by atoms with Gasteiger partial charge < -0.3 is 9.84 Å². The van der Waals surface area contributed by atoms with Crippen LogP contribution in [-0.4, -0.2) is 11.1 Å². The van der Waals surface area contributed by atoms with E-state index in [-0.39, 0.29) is 22.8 Å². The number of carbonyl (C=O) groups is 1. The second kappa shape index (κ2) is 7.83. The van der Waals surface area contributed by atoms with Crippen LogP contribution < -0.4 is 4.74 Å². The highest BCUT2D eigenvalue weighted by Gasteiger charge is 2.17. The van der Waals surface area contributed by atoms with Crippen LogP contribution in [0.15, 0.2) is 77.0 Å². The summed E-state index contributed by atoms with van der Waals surface area (Å²) in [5.74, 6) is -0.799. The molecule has 3 aromatic carbocycles. The third-order valence-electron chi connectivity index (χ3n) is 4.18. The van der Waals surface area contributed by atoms with Crippen LogP contribution in [0.2, 0.25) is 0 Å². The lowest BCUT2D eigenvalue weighted by Gasteiger charge is -2.10. The van der Waals surface area contributed by atoms with Crippen LogP contribution in [0, 0.1) is 6.92 Å². The molecule has 0 aliphatic rings. The predicted molar refractivity (Wildman–Crippen MR) is 105 cm³/mol. The number of nitrogens with zero attached hydrogens (tertiary/aromatic N) is 2. The first kappa shape index (κ1) is 18.3. The van der Waals surface area contributed by atoms with Crippen LogP contribution in [0.5, 0.6) is 11.5 Å². The van der Waals surface area contributed by atoms with Crippen molar-refractivity contribution in [3.05, 3.63) is 77.9 Å². The number of benzene rings is 3. The molecule has 0 unspecified atom stereocenters. The summed E-state index contributed by atoms with van der Waals surface area (Å²) < 4.78 is 5.25. The number of esters is 1. The summed E-state index contributed by atoms with van der Waals surface area (Å²) in [6.07, 6.45) is 0. The topological polar surface area (TPSA) is 71.2 Å². The molecule has 3 aromatic rings. The third-order valence-corrected chi connectivity index (χ3v) is 4.18. The molecular weight excluding hydrogens is 340 g/mol. The molecule has 3 rings (SSSR count). The predicted octanol–water partition coefficient (Wildman–Crippen LogP) is 5.62. The Balaban J connectivity index is 2.01. The number of phenolic OH excluding ortho intramolecular Hbond substituents is 1. The van der Waals surface area contributed by atoms with Crippen molar-refractivity contribution in [2.75, 3.05) is 0 Å². The SMILES string of the molecule is C=C(C)C(=O)Oc1cc2ccccc2c(N=NCc2ccccc2C)c1O. The lowest BCUT2D eigenvalue weighted by atomic mass is 10.1. The molecule has 136 valence electrons. The highest BCUT2D eigenvalue weighted by molar-refractivity contribution is 5.98. The molecule has 27 heavy (non-hydrogen) atoms. The first-order valence-electron chi connectivity index (χ1n) is 8.51. The second-order valence-electron chi connectivity index (χ2n) is 6.29. The van der Waals surface area contributed by atoms with Crippen LogP contribution >= 0.6 is 0 Å². The summed E-state index contributed by atoms with van der Waals surface area (Å²) in [6, 6.07) is 16.9. The zero-order valence-electron chi connectivity index (χ0n) is 15.3. The highest BCUT2D eigenvalue weighted by Crippen LogP contribution is 2.43. The van der Waals surface area contributed by atoms with E-state index in [1.54, 1.807) is 13.0 Å². The minimum atomic E-state index is -0.608. The Morgan fingerprint density at radius 3 is 2.59 bits per heavy atom. The van der Waals surface area contributed by atoms with Gasteiger partial charge in [-0.3, -0.25) is 0 Å². The highest BCUT2D eigenvalue weighted by atomic mass is 16.5. The van der Waals surface area contributed by atoms with E-state index in [0.717, 1.165) is 21.9 Å². The number of aromatic hydroxyl groups is 1. The number of aryl methyl sites for hydroxylation is 1. The molecule has 0 saturated carbocycles. The van der Waals surface area contributed by atoms with Crippen molar-refractivity contribution in [3.8, 4) is 11.5 Å². The molecule has 5 heteroatoms. The summed E-state index contributed by atoms with van der Waals surface area (Å²) in [6.45, 7) is 7.50. The van der Waals surface area contributed by atoms with Gasteiger partial charge in [0.2, 0.25) is 0 Å². The van der Waals surface area contributed by atoms with E-state index in [1.807, 2.05) is 55.5 Å². The van der Waals surface area contributed by atoms with Crippen LogP contribution in [0.3, 0.4) is 0 Å². The molecule has 0 aromatic heterocycles. The fourth-order valence-electron chi connectivity index (χ4n) is 2.63. The fourth-order valence-corrected chi connectivity index (χ4v) is 2.63. The van der Waals surface area contributed by atoms with Crippen LogP contribution in [-0.2, 0) is 11.3 Å². The zero-order valence-corrected chi connectivity index (χ0v) is 15.3. The normalized spacial score (nSPS) is 11.0. The van der Waals surface area contributed by atoms with Crippen LogP contribution in [0.4, 0.5) is 5.69 Å². The molecule has 0 spiro atoms. The van der Waals surface area contributed by atoms with Crippen molar-refractivity contribution in [3.63, 3.8) is 0 Å². The van der Waals surface area contributed by atoms with Crippen molar-refractivity contribution in [2.24, 2.45) is 10.2 Å². The van der Waals surface area contributed by atoms with Crippen molar-refractivity contribution in [1.82, 2.24) is 0 Å². The monoisotopic (exact) mass is 360 g/mol. The summed E-state index contributed by atoms with van der Waals surface area (Å²) in [5, 5.41) is 20.6. The number of carbonyl (C=O) groups excluding carboxylic acids is 1. The third kappa shape index (κ3) is 4.03. The molecule has 0 atom stereocenters. The van der Waals surface area contributed by atoms with Crippen molar-refractivity contribution < 1.29 is 14.6 Å². The average molecular weight is 360 g/mol. The van der Waals surface area contributed by atoms with Gasteiger partial charge in [0.25, 0.3) is 0 Å². The number of rotatable bonds is 5. The van der Waals surface area contributed by atoms with E-state index < -0.39 is 5.97 Å². The molecule has 0 saturated heterocycles. The summed E-state index contributed by atoms with van der Waals surface area (Å²) in [7, 11) is 0. The maximum atomic E-state index is 11.9. The molecule has 0 amide bonds. The maximum Gasteiger partial charge on any atom is 0.338 e. The van der Waals surface area contributed by atoms with Gasteiger partial charge in [-0.2, -0.15) is 10.2 Å². The molecule has 0 aliphatic heterocycles. The van der Waals surface area contributed by atoms with Crippen molar-refractivity contribution >= 4 is 22.4 Å². The average Bonchev–Trinajstić information content (AvgIpc) is 2.65. The second-order valence-corrected chi connectivity index (χ2v) is 6.29. The lowest BCUT2D eigenvalue weighted by Crippen LogP contribution is -2.08. The minimum Gasteiger partial charge on any atom is -0.503 e. The Kier molecular flexibility index (Phi) is 5.31. The molecule has 0 aliphatic carbocycles. The Hall–Kier alpha value is -3.47. The number of fused-ring (bicyclic) bond motifs is 1.